The number of hydrogen-bond donors (Lipinski definition) is 2. The Balaban J connectivity index is 1.70. The molecular weight excluding hydrogens is 264 g/mol. The van der Waals surface area contributed by atoms with Crippen LogP contribution in [0.2, 0.25) is 0 Å². The number of H-pyrrole nitrogens is 1. The first-order chi connectivity index (χ1) is 10.3. The van der Waals surface area contributed by atoms with Gasteiger partial charge in [0.15, 0.2) is 0 Å². The number of amides is 1. The van der Waals surface area contributed by atoms with Crippen molar-refractivity contribution in [1.82, 2.24) is 20.5 Å². The molecule has 2 N–H and O–H groups in total. The summed E-state index contributed by atoms with van der Waals surface area (Å²) < 4.78 is 0. The maximum Gasteiger partial charge on any atom is 0.291 e. The number of carbonyl (C=O) groups is 1. The number of rotatable bonds is 6. The molecule has 5 heteroatoms. The van der Waals surface area contributed by atoms with Crippen molar-refractivity contribution in [2.24, 2.45) is 0 Å². The molecule has 1 aromatic heterocycles. The SMILES string of the molecule is CCCC(NC(=O)c1n[nH]c(C2CC2)n1)c1ccccc1. The number of nitrogens with one attached hydrogen (secondary N) is 2. The highest BCUT2D eigenvalue weighted by Gasteiger charge is 2.28. The first-order valence-electron chi connectivity index (χ1n) is 7.56. The smallest absolute Gasteiger partial charge is 0.291 e. The van der Waals surface area contributed by atoms with Gasteiger partial charge in [-0.2, -0.15) is 0 Å². The molecule has 0 bridgehead atoms. The maximum absolute atomic E-state index is 12.3. The third-order valence-electron chi connectivity index (χ3n) is 3.75. The van der Waals surface area contributed by atoms with Crippen LogP contribution in [0, 0.1) is 0 Å². The second-order valence-corrected chi connectivity index (χ2v) is 5.54. The van der Waals surface area contributed by atoms with Crippen molar-refractivity contribution in [3.05, 3.63) is 47.5 Å². The summed E-state index contributed by atoms with van der Waals surface area (Å²) in [6.07, 6.45) is 4.17. The van der Waals surface area contributed by atoms with E-state index in [4.69, 9.17) is 0 Å². The molecule has 1 amide bonds. The van der Waals surface area contributed by atoms with E-state index in [1.807, 2.05) is 30.3 Å². The molecule has 5 nitrogen and oxygen atoms in total. The molecule has 1 unspecified atom stereocenters. The van der Waals surface area contributed by atoms with Crippen LogP contribution >= 0.6 is 0 Å². The Kier molecular flexibility index (Phi) is 3.99. The van der Waals surface area contributed by atoms with E-state index in [0.717, 1.165) is 37.1 Å². The molecule has 1 fully saturated rings. The molecule has 2 aromatic rings. The molecule has 1 atom stereocenters. The van der Waals surface area contributed by atoms with E-state index >= 15 is 0 Å². The van der Waals surface area contributed by atoms with Crippen molar-refractivity contribution in [2.75, 3.05) is 0 Å². The highest BCUT2D eigenvalue weighted by atomic mass is 16.2. The molecule has 1 aliphatic rings. The van der Waals surface area contributed by atoms with Gasteiger partial charge in [0.2, 0.25) is 5.82 Å². The van der Waals surface area contributed by atoms with E-state index in [9.17, 15) is 4.79 Å². The average Bonchev–Trinajstić information content (AvgIpc) is 3.25. The zero-order chi connectivity index (χ0) is 14.7. The Labute approximate surface area is 124 Å². The summed E-state index contributed by atoms with van der Waals surface area (Å²) in [7, 11) is 0. The molecule has 1 aliphatic carbocycles. The Hall–Kier alpha value is -2.17. The zero-order valence-corrected chi connectivity index (χ0v) is 12.2. The van der Waals surface area contributed by atoms with Crippen molar-refractivity contribution in [3.63, 3.8) is 0 Å². The van der Waals surface area contributed by atoms with E-state index in [2.05, 4.69) is 27.4 Å². The fourth-order valence-corrected chi connectivity index (χ4v) is 2.43. The zero-order valence-electron chi connectivity index (χ0n) is 12.2. The van der Waals surface area contributed by atoms with Gasteiger partial charge in [-0.3, -0.25) is 9.89 Å². The second-order valence-electron chi connectivity index (χ2n) is 5.54. The highest BCUT2D eigenvalue weighted by molar-refractivity contribution is 5.90. The number of benzene rings is 1. The van der Waals surface area contributed by atoms with Gasteiger partial charge in [0.1, 0.15) is 5.82 Å². The fraction of sp³-hybridized carbons (Fsp3) is 0.438. The van der Waals surface area contributed by atoms with E-state index in [-0.39, 0.29) is 17.8 Å². The summed E-state index contributed by atoms with van der Waals surface area (Å²) in [5, 5.41) is 9.95. The minimum Gasteiger partial charge on any atom is -0.342 e. The van der Waals surface area contributed by atoms with Gasteiger partial charge in [-0.15, -0.1) is 5.10 Å². The molecule has 1 saturated carbocycles. The molecule has 110 valence electrons. The lowest BCUT2D eigenvalue weighted by Gasteiger charge is -2.17. The van der Waals surface area contributed by atoms with Crippen molar-refractivity contribution >= 4 is 5.91 Å². The predicted molar refractivity (Wildman–Crippen MR) is 79.9 cm³/mol. The summed E-state index contributed by atoms with van der Waals surface area (Å²) in [5.74, 6) is 1.35. The van der Waals surface area contributed by atoms with Crippen LogP contribution in [-0.2, 0) is 0 Å². The average molecular weight is 284 g/mol. The van der Waals surface area contributed by atoms with Crippen LogP contribution in [0.3, 0.4) is 0 Å². The summed E-state index contributed by atoms with van der Waals surface area (Å²) in [4.78, 5) is 16.6. The monoisotopic (exact) mass is 284 g/mol. The van der Waals surface area contributed by atoms with Crippen LogP contribution in [0.25, 0.3) is 0 Å². The molecular formula is C16H20N4O. The summed E-state index contributed by atoms with van der Waals surface area (Å²) in [5.41, 5.74) is 1.12. The number of nitrogens with zero attached hydrogens (tertiary/aromatic N) is 2. The second kappa shape index (κ2) is 6.08. The molecule has 1 aromatic carbocycles. The third-order valence-corrected chi connectivity index (χ3v) is 3.75. The maximum atomic E-state index is 12.3. The van der Waals surface area contributed by atoms with Crippen LogP contribution in [0.15, 0.2) is 30.3 Å². The summed E-state index contributed by atoms with van der Waals surface area (Å²) in [6, 6.07) is 10.0. The number of aromatic nitrogens is 3. The van der Waals surface area contributed by atoms with Gasteiger partial charge < -0.3 is 5.32 Å². The van der Waals surface area contributed by atoms with Crippen LogP contribution in [0.5, 0.6) is 0 Å². The predicted octanol–water partition coefficient (Wildman–Crippen LogP) is 2.95. The van der Waals surface area contributed by atoms with Gasteiger partial charge in [0.25, 0.3) is 5.91 Å². The van der Waals surface area contributed by atoms with Crippen molar-refractivity contribution in [1.29, 1.82) is 0 Å². The topological polar surface area (TPSA) is 70.7 Å². The quantitative estimate of drug-likeness (QED) is 0.856. The number of carbonyl (C=O) groups excluding carboxylic acids is 1. The van der Waals surface area contributed by atoms with E-state index in [1.165, 1.54) is 0 Å². The number of aromatic amines is 1. The van der Waals surface area contributed by atoms with Crippen molar-refractivity contribution in [3.8, 4) is 0 Å². The molecule has 0 saturated heterocycles. The molecule has 3 rings (SSSR count). The van der Waals surface area contributed by atoms with Gasteiger partial charge in [-0.1, -0.05) is 43.7 Å². The van der Waals surface area contributed by atoms with E-state index < -0.39 is 0 Å². The van der Waals surface area contributed by atoms with Gasteiger partial charge in [0.05, 0.1) is 6.04 Å². The highest BCUT2D eigenvalue weighted by Crippen LogP contribution is 2.37. The molecule has 0 spiro atoms. The largest absolute Gasteiger partial charge is 0.342 e. The molecule has 0 radical (unpaired) electrons. The number of hydrogen-bond acceptors (Lipinski definition) is 3. The molecule has 1 heterocycles. The van der Waals surface area contributed by atoms with E-state index in [1.54, 1.807) is 0 Å². The van der Waals surface area contributed by atoms with Crippen LogP contribution in [-0.4, -0.2) is 21.1 Å². The Morgan fingerprint density at radius 1 is 1.38 bits per heavy atom. The summed E-state index contributed by atoms with van der Waals surface area (Å²) in [6.45, 7) is 2.11. The van der Waals surface area contributed by atoms with Crippen LogP contribution in [0.1, 0.15) is 66.6 Å². The fourth-order valence-electron chi connectivity index (χ4n) is 2.43. The summed E-state index contributed by atoms with van der Waals surface area (Å²) >= 11 is 0. The minimum atomic E-state index is -0.208. The van der Waals surface area contributed by atoms with Crippen molar-refractivity contribution < 1.29 is 4.79 Å². The minimum absolute atomic E-state index is 0.00609. The lowest BCUT2D eigenvalue weighted by Crippen LogP contribution is -2.29. The lowest BCUT2D eigenvalue weighted by atomic mass is 10.0. The van der Waals surface area contributed by atoms with Gasteiger partial charge in [-0.05, 0) is 24.8 Å². The lowest BCUT2D eigenvalue weighted by molar-refractivity contribution is 0.0924. The first-order valence-corrected chi connectivity index (χ1v) is 7.56. The Morgan fingerprint density at radius 3 is 2.81 bits per heavy atom. The van der Waals surface area contributed by atoms with Gasteiger partial charge in [-0.25, -0.2) is 4.98 Å². The van der Waals surface area contributed by atoms with Crippen LogP contribution < -0.4 is 5.32 Å². The Morgan fingerprint density at radius 2 is 2.14 bits per heavy atom. The molecule has 21 heavy (non-hydrogen) atoms. The van der Waals surface area contributed by atoms with Gasteiger partial charge in [0, 0.05) is 5.92 Å². The third kappa shape index (κ3) is 3.29. The molecule has 0 aliphatic heterocycles. The van der Waals surface area contributed by atoms with Gasteiger partial charge >= 0.3 is 0 Å². The van der Waals surface area contributed by atoms with E-state index in [0.29, 0.717) is 5.92 Å². The standard InChI is InChI=1S/C16H20N4O/c1-2-6-13(11-7-4-3-5-8-11)17-16(21)15-18-14(19-20-15)12-9-10-12/h3-5,7-8,12-13H,2,6,9-10H2,1H3,(H,17,21)(H,18,19,20). The van der Waals surface area contributed by atoms with Crippen molar-refractivity contribution in [2.45, 2.75) is 44.6 Å². The first kappa shape index (κ1) is 13.8. The Bertz CT molecular complexity index is 604. The normalized spacial score (nSPS) is 15.7. The van der Waals surface area contributed by atoms with Crippen LogP contribution in [0.4, 0.5) is 0 Å².